The van der Waals surface area contributed by atoms with E-state index in [9.17, 15) is 4.79 Å². The highest BCUT2D eigenvalue weighted by Crippen LogP contribution is 2.36. The van der Waals surface area contributed by atoms with Crippen molar-refractivity contribution >= 4 is 46.4 Å². The van der Waals surface area contributed by atoms with Crippen molar-refractivity contribution in [3.63, 3.8) is 0 Å². The van der Waals surface area contributed by atoms with Gasteiger partial charge in [-0.05, 0) is 31.2 Å². The predicted octanol–water partition coefficient (Wildman–Crippen LogP) is 5.11. The smallest absolute Gasteiger partial charge is 0.291 e. The molecule has 3 rings (SSSR count). The SMILES string of the molecule is Cc1c(NC(=O)c2ccc(COc3c(Cl)cc(Cl)cc3Cl)o2)cnn1C. The summed E-state index contributed by atoms with van der Waals surface area (Å²) in [4.78, 5) is 12.3. The summed E-state index contributed by atoms with van der Waals surface area (Å²) in [5.74, 6) is 0.515. The van der Waals surface area contributed by atoms with Crippen LogP contribution in [-0.2, 0) is 13.7 Å². The number of benzene rings is 1. The number of aromatic nitrogens is 2. The lowest BCUT2D eigenvalue weighted by Crippen LogP contribution is -2.11. The summed E-state index contributed by atoms with van der Waals surface area (Å²) in [7, 11) is 1.79. The molecule has 1 amide bonds. The van der Waals surface area contributed by atoms with Crippen molar-refractivity contribution in [3.8, 4) is 5.75 Å². The van der Waals surface area contributed by atoms with Crippen molar-refractivity contribution in [1.29, 1.82) is 0 Å². The summed E-state index contributed by atoms with van der Waals surface area (Å²) in [6, 6.07) is 6.26. The van der Waals surface area contributed by atoms with Crippen LogP contribution in [0.25, 0.3) is 0 Å². The van der Waals surface area contributed by atoms with E-state index in [1.165, 1.54) is 12.1 Å². The Labute approximate surface area is 164 Å². The van der Waals surface area contributed by atoms with E-state index < -0.39 is 0 Å². The number of hydrogen-bond acceptors (Lipinski definition) is 4. The molecule has 2 heterocycles. The standard InChI is InChI=1S/C17H14Cl3N3O3/c1-9-14(7-21-23(9)2)22-17(24)15-4-3-11(26-15)8-25-16-12(19)5-10(18)6-13(16)20/h3-7H,8H2,1-2H3,(H,22,24). The summed E-state index contributed by atoms with van der Waals surface area (Å²) < 4.78 is 12.8. The van der Waals surface area contributed by atoms with Crippen molar-refractivity contribution in [3.05, 3.63) is 62.7 Å². The van der Waals surface area contributed by atoms with Crippen molar-refractivity contribution in [1.82, 2.24) is 9.78 Å². The number of hydrogen-bond donors (Lipinski definition) is 1. The lowest BCUT2D eigenvalue weighted by atomic mass is 10.3. The number of carbonyl (C=O) groups excluding carboxylic acids is 1. The van der Waals surface area contributed by atoms with E-state index >= 15 is 0 Å². The van der Waals surface area contributed by atoms with E-state index in [0.717, 1.165) is 5.69 Å². The maximum absolute atomic E-state index is 12.3. The van der Waals surface area contributed by atoms with Gasteiger partial charge in [-0.2, -0.15) is 5.10 Å². The molecule has 0 saturated carbocycles. The Morgan fingerprint density at radius 3 is 2.58 bits per heavy atom. The highest BCUT2D eigenvalue weighted by molar-refractivity contribution is 6.40. The normalized spacial score (nSPS) is 10.8. The third-order valence-electron chi connectivity index (χ3n) is 3.69. The average Bonchev–Trinajstić information content (AvgIpc) is 3.16. The van der Waals surface area contributed by atoms with Gasteiger partial charge in [0.05, 0.1) is 27.6 Å². The monoisotopic (exact) mass is 413 g/mol. The number of nitrogens with zero attached hydrogens (tertiary/aromatic N) is 2. The van der Waals surface area contributed by atoms with Crippen LogP contribution in [-0.4, -0.2) is 15.7 Å². The highest BCUT2D eigenvalue weighted by Gasteiger charge is 2.15. The van der Waals surface area contributed by atoms with E-state index in [0.29, 0.717) is 32.3 Å². The number of carbonyl (C=O) groups is 1. The average molecular weight is 415 g/mol. The third-order valence-corrected chi connectivity index (χ3v) is 4.47. The van der Waals surface area contributed by atoms with Gasteiger partial charge in [-0.15, -0.1) is 0 Å². The first-order valence-electron chi connectivity index (χ1n) is 7.51. The summed E-state index contributed by atoms with van der Waals surface area (Å²) in [6.07, 6.45) is 1.57. The van der Waals surface area contributed by atoms with Crippen LogP contribution in [0.3, 0.4) is 0 Å². The molecule has 3 aromatic rings. The number of amides is 1. The number of furan rings is 1. The van der Waals surface area contributed by atoms with E-state index in [1.54, 1.807) is 30.1 Å². The molecule has 1 N–H and O–H groups in total. The molecule has 0 aliphatic rings. The number of halogens is 3. The summed E-state index contributed by atoms with van der Waals surface area (Å²) >= 11 is 18.0. The topological polar surface area (TPSA) is 69.3 Å². The second-order valence-electron chi connectivity index (χ2n) is 5.47. The van der Waals surface area contributed by atoms with Crippen LogP contribution in [0, 0.1) is 6.92 Å². The summed E-state index contributed by atoms with van der Waals surface area (Å²) in [5.41, 5.74) is 1.45. The molecule has 0 saturated heterocycles. The van der Waals surface area contributed by atoms with Crippen LogP contribution in [0.1, 0.15) is 22.0 Å². The van der Waals surface area contributed by atoms with E-state index in [4.69, 9.17) is 44.0 Å². The van der Waals surface area contributed by atoms with Gasteiger partial charge in [-0.25, -0.2) is 0 Å². The zero-order valence-electron chi connectivity index (χ0n) is 13.8. The number of nitrogens with one attached hydrogen (secondary N) is 1. The first-order chi connectivity index (χ1) is 12.3. The first kappa shape index (κ1) is 18.6. The molecule has 26 heavy (non-hydrogen) atoms. The number of ether oxygens (including phenoxy) is 1. The predicted molar refractivity (Wildman–Crippen MR) is 100 cm³/mol. The lowest BCUT2D eigenvalue weighted by Gasteiger charge is -2.09. The maximum atomic E-state index is 12.3. The van der Waals surface area contributed by atoms with Crippen LogP contribution in [0.5, 0.6) is 5.75 Å². The van der Waals surface area contributed by atoms with Gasteiger partial charge >= 0.3 is 0 Å². The van der Waals surface area contributed by atoms with Gasteiger partial charge in [0.1, 0.15) is 12.4 Å². The lowest BCUT2D eigenvalue weighted by molar-refractivity contribution is 0.0992. The molecule has 2 aromatic heterocycles. The van der Waals surface area contributed by atoms with Crippen LogP contribution in [0.4, 0.5) is 5.69 Å². The second-order valence-corrected chi connectivity index (χ2v) is 6.73. The van der Waals surface area contributed by atoms with Crippen LogP contribution in [0.2, 0.25) is 15.1 Å². The Bertz CT molecular complexity index is 942. The highest BCUT2D eigenvalue weighted by atomic mass is 35.5. The van der Waals surface area contributed by atoms with Gasteiger partial charge < -0.3 is 14.5 Å². The summed E-state index contributed by atoms with van der Waals surface area (Å²) in [6.45, 7) is 1.91. The minimum Gasteiger partial charge on any atom is -0.483 e. The molecule has 0 radical (unpaired) electrons. The van der Waals surface area contributed by atoms with Gasteiger partial charge in [-0.1, -0.05) is 34.8 Å². The molecule has 0 unspecified atom stereocenters. The zero-order valence-corrected chi connectivity index (χ0v) is 16.1. The Balaban J connectivity index is 1.66. The van der Waals surface area contributed by atoms with E-state index in [2.05, 4.69) is 10.4 Å². The Kier molecular flexibility index (Phi) is 5.46. The molecule has 136 valence electrons. The largest absolute Gasteiger partial charge is 0.483 e. The second kappa shape index (κ2) is 7.61. The molecule has 6 nitrogen and oxygen atoms in total. The molecule has 0 bridgehead atoms. The molecule has 0 atom stereocenters. The Hall–Kier alpha value is -2.15. The van der Waals surface area contributed by atoms with Gasteiger partial charge in [0.25, 0.3) is 5.91 Å². The summed E-state index contributed by atoms with van der Waals surface area (Å²) in [5, 5.41) is 7.81. The maximum Gasteiger partial charge on any atom is 0.291 e. The minimum atomic E-state index is -0.380. The van der Waals surface area contributed by atoms with Gasteiger partial charge in [0, 0.05) is 12.1 Å². The molecule has 0 aliphatic heterocycles. The Morgan fingerprint density at radius 2 is 1.96 bits per heavy atom. The van der Waals surface area contributed by atoms with Gasteiger partial charge in [-0.3, -0.25) is 9.48 Å². The zero-order chi connectivity index (χ0) is 18.8. The van der Waals surface area contributed by atoms with Gasteiger partial charge in [0.15, 0.2) is 11.5 Å². The quantitative estimate of drug-likeness (QED) is 0.629. The third kappa shape index (κ3) is 3.98. The number of rotatable bonds is 5. The number of anilines is 1. The van der Waals surface area contributed by atoms with Crippen molar-refractivity contribution in [2.45, 2.75) is 13.5 Å². The van der Waals surface area contributed by atoms with E-state index in [1.807, 2.05) is 6.92 Å². The minimum absolute atomic E-state index is 0.0558. The molecule has 0 fully saturated rings. The van der Waals surface area contributed by atoms with Crippen molar-refractivity contribution in [2.24, 2.45) is 7.05 Å². The molecule has 0 spiro atoms. The molecule has 0 aliphatic carbocycles. The molecular formula is C17H14Cl3N3O3. The molecule has 1 aromatic carbocycles. The molecule has 9 heteroatoms. The Morgan fingerprint density at radius 1 is 1.27 bits per heavy atom. The van der Waals surface area contributed by atoms with Gasteiger partial charge in [0.2, 0.25) is 0 Å². The van der Waals surface area contributed by atoms with Crippen LogP contribution >= 0.6 is 34.8 Å². The molecular weight excluding hydrogens is 401 g/mol. The van der Waals surface area contributed by atoms with Crippen molar-refractivity contribution in [2.75, 3.05) is 5.32 Å². The number of aryl methyl sites for hydroxylation is 1. The van der Waals surface area contributed by atoms with Crippen LogP contribution in [0.15, 0.2) is 34.9 Å². The first-order valence-corrected chi connectivity index (χ1v) is 8.64. The fourth-order valence-corrected chi connectivity index (χ4v) is 3.12. The van der Waals surface area contributed by atoms with Crippen molar-refractivity contribution < 1.29 is 13.9 Å². The fraction of sp³-hybridized carbons (Fsp3) is 0.176. The van der Waals surface area contributed by atoms with Crippen LogP contribution < -0.4 is 10.1 Å². The fourth-order valence-electron chi connectivity index (χ4n) is 2.19. The van der Waals surface area contributed by atoms with E-state index in [-0.39, 0.29) is 18.3 Å².